The number of carbonyl (C=O) groups excluding carboxylic acids is 2. The van der Waals surface area contributed by atoms with Gasteiger partial charge in [0.15, 0.2) is 0 Å². The van der Waals surface area contributed by atoms with Crippen molar-refractivity contribution in [2.24, 2.45) is 11.3 Å². The van der Waals surface area contributed by atoms with Gasteiger partial charge in [-0.05, 0) is 62.4 Å². The SMILES string of the molecule is Cc1ccc(CNC(=O)c2ccccc2NC(=O)C2CC23CCNCC3)cc1.Cl. The van der Waals surface area contributed by atoms with Crippen molar-refractivity contribution in [3.8, 4) is 0 Å². The maximum absolute atomic E-state index is 12.8. The molecule has 2 aromatic carbocycles. The lowest BCUT2D eigenvalue weighted by Crippen LogP contribution is -2.32. The predicted octanol–water partition coefficient (Wildman–Crippen LogP) is 3.68. The Labute approximate surface area is 178 Å². The van der Waals surface area contributed by atoms with Crippen LogP contribution < -0.4 is 16.0 Å². The van der Waals surface area contributed by atoms with Crippen molar-refractivity contribution in [1.29, 1.82) is 0 Å². The number of anilines is 1. The van der Waals surface area contributed by atoms with Crippen LogP contribution in [0.1, 0.15) is 40.7 Å². The Morgan fingerprint density at radius 3 is 2.48 bits per heavy atom. The molecule has 1 saturated carbocycles. The van der Waals surface area contributed by atoms with Crippen LogP contribution in [0.4, 0.5) is 5.69 Å². The molecule has 154 valence electrons. The summed E-state index contributed by atoms with van der Waals surface area (Å²) in [6.45, 7) is 4.47. The first kappa shape index (κ1) is 21.3. The normalized spacial score (nSPS) is 19.1. The first-order chi connectivity index (χ1) is 13.6. The summed E-state index contributed by atoms with van der Waals surface area (Å²) >= 11 is 0. The van der Waals surface area contributed by atoms with E-state index >= 15 is 0 Å². The van der Waals surface area contributed by atoms with Crippen LogP contribution in [0.3, 0.4) is 0 Å². The summed E-state index contributed by atoms with van der Waals surface area (Å²) < 4.78 is 0. The van der Waals surface area contributed by atoms with Gasteiger partial charge in [-0.3, -0.25) is 9.59 Å². The van der Waals surface area contributed by atoms with Crippen LogP contribution in [-0.2, 0) is 11.3 Å². The number of halogens is 1. The molecule has 29 heavy (non-hydrogen) atoms. The number of rotatable bonds is 5. The molecule has 1 unspecified atom stereocenters. The van der Waals surface area contributed by atoms with E-state index in [-0.39, 0.29) is 35.6 Å². The molecule has 1 spiro atoms. The molecule has 2 fully saturated rings. The highest BCUT2D eigenvalue weighted by Gasteiger charge is 2.57. The maximum atomic E-state index is 12.8. The fourth-order valence-corrected chi connectivity index (χ4v) is 4.19. The van der Waals surface area contributed by atoms with Crippen molar-refractivity contribution >= 4 is 29.9 Å². The van der Waals surface area contributed by atoms with Crippen LogP contribution in [0.25, 0.3) is 0 Å². The Morgan fingerprint density at radius 1 is 1.07 bits per heavy atom. The van der Waals surface area contributed by atoms with Gasteiger partial charge in [0.05, 0.1) is 11.3 Å². The number of hydrogen-bond acceptors (Lipinski definition) is 3. The first-order valence-electron chi connectivity index (χ1n) is 10.0. The fraction of sp³-hybridized carbons (Fsp3) is 0.391. The first-order valence-corrected chi connectivity index (χ1v) is 10.0. The van der Waals surface area contributed by atoms with Crippen LogP contribution in [0.15, 0.2) is 48.5 Å². The summed E-state index contributed by atoms with van der Waals surface area (Å²) in [6, 6.07) is 15.3. The van der Waals surface area contributed by atoms with Crippen molar-refractivity contribution in [3.63, 3.8) is 0 Å². The topological polar surface area (TPSA) is 70.2 Å². The largest absolute Gasteiger partial charge is 0.348 e. The summed E-state index contributed by atoms with van der Waals surface area (Å²) in [6.07, 6.45) is 3.08. The number of carbonyl (C=O) groups is 2. The molecule has 2 aliphatic rings. The van der Waals surface area contributed by atoms with E-state index < -0.39 is 0 Å². The van der Waals surface area contributed by atoms with Crippen LogP contribution in [0.5, 0.6) is 0 Å². The van der Waals surface area contributed by atoms with E-state index in [2.05, 4.69) is 16.0 Å². The Bertz CT molecular complexity index is 876. The van der Waals surface area contributed by atoms with E-state index in [1.165, 1.54) is 5.56 Å². The van der Waals surface area contributed by atoms with E-state index in [1.54, 1.807) is 12.1 Å². The fourth-order valence-electron chi connectivity index (χ4n) is 4.19. The highest BCUT2D eigenvalue weighted by molar-refractivity contribution is 6.04. The summed E-state index contributed by atoms with van der Waals surface area (Å²) in [4.78, 5) is 25.5. The molecule has 0 radical (unpaired) electrons. The monoisotopic (exact) mass is 413 g/mol. The molecular formula is C23H28ClN3O2. The number of aryl methyl sites for hydroxylation is 1. The molecule has 2 aromatic rings. The summed E-state index contributed by atoms with van der Waals surface area (Å²) in [7, 11) is 0. The van der Waals surface area contributed by atoms with Gasteiger partial charge in [0.1, 0.15) is 0 Å². The third-order valence-corrected chi connectivity index (χ3v) is 6.11. The van der Waals surface area contributed by atoms with Gasteiger partial charge in [-0.15, -0.1) is 12.4 Å². The van der Waals surface area contributed by atoms with Crippen molar-refractivity contribution < 1.29 is 9.59 Å². The molecular weight excluding hydrogens is 386 g/mol. The van der Waals surface area contributed by atoms with Gasteiger partial charge in [0, 0.05) is 12.5 Å². The number of benzene rings is 2. The average Bonchev–Trinajstić information content (AvgIpc) is 3.41. The Balaban J connectivity index is 0.00000240. The zero-order chi connectivity index (χ0) is 19.6. The second kappa shape index (κ2) is 8.97. The van der Waals surface area contributed by atoms with Crippen LogP contribution in [-0.4, -0.2) is 24.9 Å². The number of piperidine rings is 1. The minimum Gasteiger partial charge on any atom is -0.348 e. The van der Waals surface area contributed by atoms with Crippen LogP contribution in [0, 0.1) is 18.3 Å². The predicted molar refractivity (Wildman–Crippen MR) is 117 cm³/mol. The van der Waals surface area contributed by atoms with Crippen molar-refractivity contribution in [2.75, 3.05) is 18.4 Å². The lowest BCUT2D eigenvalue weighted by atomic mass is 9.91. The third-order valence-electron chi connectivity index (χ3n) is 6.11. The van der Waals surface area contributed by atoms with Gasteiger partial charge in [-0.2, -0.15) is 0 Å². The van der Waals surface area contributed by atoms with E-state index in [0.29, 0.717) is 17.8 Å². The maximum Gasteiger partial charge on any atom is 0.253 e. The number of nitrogens with one attached hydrogen (secondary N) is 3. The molecule has 1 saturated heterocycles. The number of para-hydroxylation sites is 1. The highest BCUT2D eigenvalue weighted by atomic mass is 35.5. The Kier molecular flexibility index (Phi) is 6.60. The lowest BCUT2D eigenvalue weighted by molar-refractivity contribution is -0.118. The minimum atomic E-state index is -0.177. The smallest absolute Gasteiger partial charge is 0.253 e. The molecule has 1 aliphatic carbocycles. The molecule has 1 atom stereocenters. The number of hydrogen-bond donors (Lipinski definition) is 3. The second-order valence-electron chi connectivity index (χ2n) is 8.07. The second-order valence-corrected chi connectivity index (χ2v) is 8.07. The quantitative estimate of drug-likeness (QED) is 0.700. The molecule has 6 heteroatoms. The molecule has 3 N–H and O–H groups in total. The minimum absolute atomic E-state index is 0. The van der Waals surface area contributed by atoms with Gasteiger partial charge < -0.3 is 16.0 Å². The van der Waals surface area contributed by atoms with Gasteiger partial charge in [-0.1, -0.05) is 42.0 Å². The van der Waals surface area contributed by atoms with Crippen LogP contribution >= 0.6 is 12.4 Å². The summed E-state index contributed by atoms with van der Waals surface area (Å²) in [5.41, 5.74) is 3.51. The molecule has 1 heterocycles. The third kappa shape index (κ3) is 4.80. The molecule has 5 nitrogen and oxygen atoms in total. The summed E-state index contributed by atoms with van der Waals surface area (Å²) in [5.74, 6) is -0.0668. The van der Waals surface area contributed by atoms with Gasteiger partial charge >= 0.3 is 0 Å². The zero-order valence-corrected chi connectivity index (χ0v) is 17.5. The standard InChI is InChI=1S/C23H27N3O2.ClH/c1-16-6-8-17(9-7-16)15-25-21(27)18-4-2-3-5-20(18)26-22(28)19-14-23(19)10-12-24-13-11-23;/h2-9,19,24H,10-15H2,1H3,(H,25,27)(H,26,28);1H. The van der Waals surface area contributed by atoms with E-state index in [1.807, 2.05) is 43.3 Å². The molecule has 0 aromatic heterocycles. The Morgan fingerprint density at radius 2 is 1.76 bits per heavy atom. The lowest BCUT2D eigenvalue weighted by Gasteiger charge is -2.23. The Hall–Kier alpha value is -2.37. The summed E-state index contributed by atoms with van der Waals surface area (Å²) in [5, 5.41) is 9.32. The number of amides is 2. The molecule has 1 aliphatic heterocycles. The van der Waals surface area contributed by atoms with Gasteiger partial charge in [0.25, 0.3) is 5.91 Å². The van der Waals surface area contributed by atoms with Crippen molar-refractivity contribution in [3.05, 3.63) is 65.2 Å². The van der Waals surface area contributed by atoms with Gasteiger partial charge in [-0.25, -0.2) is 0 Å². The van der Waals surface area contributed by atoms with E-state index in [0.717, 1.165) is 37.9 Å². The molecule has 0 bridgehead atoms. The average molecular weight is 414 g/mol. The highest BCUT2D eigenvalue weighted by Crippen LogP contribution is 2.58. The van der Waals surface area contributed by atoms with E-state index in [9.17, 15) is 9.59 Å². The molecule has 4 rings (SSSR count). The van der Waals surface area contributed by atoms with Crippen molar-refractivity contribution in [2.45, 2.75) is 32.7 Å². The van der Waals surface area contributed by atoms with Crippen LogP contribution in [0.2, 0.25) is 0 Å². The van der Waals surface area contributed by atoms with Crippen molar-refractivity contribution in [1.82, 2.24) is 10.6 Å². The molecule has 2 amide bonds. The van der Waals surface area contributed by atoms with E-state index in [4.69, 9.17) is 0 Å². The van der Waals surface area contributed by atoms with Gasteiger partial charge in [0.2, 0.25) is 5.91 Å². The zero-order valence-electron chi connectivity index (χ0n) is 16.7.